The Morgan fingerprint density at radius 1 is 1.39 bits per heavy atom. The highest BCUT2D eigenvalue weighted by Gasteiger charge is 2.01. The molecule has 2 N–H and O–H groups in total. The van der Waals surface area contributed by atoms with Crippen LogP contribution in [0, 0.1) is 0 Å². The number of amides is 1. The second kappa shape index (κ2) is 8.80. The van der Waals surface area contributed by atoms with Gasteiger partial charge in [0.2, 0.25) is 5.91 Å². The van der Waals surface area contributed by atoms with Gasteiger partial charge in [-0.25, -0.2) is 4.98 Å². The van der Waals surface area contributed by atoms with E-state index in [1.54, 1.807) is 11.8 Å². The number of anilines is 1. The Morgan fingerprint density at radius 3 is 2.94 bits per heavy atom. The van der Waals surface area contributed by atoms with Crippen LogP contribution >= 0.6 is 11.8 Å². The molecule has 4 nitrogen and oxygen atoms in total. The maximum Gasteiger partial charge on any atom is 0.229 e. The van der Waals surface area contributed by atoms with Crippen molar-refractivity contribution in [3.63, 3.8) is 0 Å². The van der Waals surface area contributed by atoms with E-state index in [-0.39, 0.29) is 5.91 Å². The molecule has 0 atom stereocenters. The molecule has 100 valence electrons. The number of nitrogens with zero attached hydrogens (tertiary/aromatic N) is 1. The summed E-state index contributed by atoms with van der Waals surface area (Å²) in [6, 6.07) is 5.95. The van der Waals surface area contributed by atoms with Crippen molar-refractivity contribution in [2.24, 2.45) is 0 Å². The van der Waals surface area contributed by atoms with Crippen LogP contribution in [0.3, 0.4) is 0 Å². The van der Waals surface area contributed by atoms with Gasteiger partial charge in [0.15, 0.2) is 0 Å². The first-order valence-corrected chi connectivity index (χ1v) is 7.46. The summed E-state index contributed by atoms with van der Waals surface area (Å²) >= 11 is 1.58. The number of aromatic nitrogens is 1. The monoisotopic (exact) mass is 267 g/mol. The minimum atomic E-state index is 0.0859. The molecule has 0 bridgehead atoms. The highest BCUT2D eigenvalue weighted by molar-refractivity contribution is 7.99. The lowest BCUT2D eigenvalue weighted by molar-refractivity contribution is -0.118. The summed E-state index contributed by atoms with van der Waals surface area (Å²) in [4.78, 5) is 15.8. The molecule has 0 aromatic carbocycles. The summed E-state index contributed by atoms with van der Waals surface area (Å²) in [5, 5.41) is 6.03. The first-order valence-electron chi connectivity index (χ1n) is 6.30. The SMILES string of the molecule is CCCNc1cccc(CSCC(=O)NCC)n1. The molecule has 1 rings (SSSR count). The van der Waals surface area contributed by atoms with Crippen LogP contribution in [0.2, 0.25) is 0 Å². The molecule has 0 radical (unpaired) electrons. The van der Waals surface area contributed by atoms with Gasteiger partial charge in [-0.3, -0.25) is 4.79 Å². The quantitative estimate of drug-likeness (QED) is 0.758. The predicted molar refractivity (Wildman–Crippen MR) is 77.9 cm³/mol. The Balaban J connectivity index is 2.35. The van der Waals surface area contributed by atoms with Gasteiger partial charge < -0.3 is 10.6 Å². The Morgan fingerprint density at radius 2 is 2.22 bits per heavy atom. The fourth-order valence-electron chi connectivity index (χ4n) is 1.41. The first-order chi connectivity index (χ1) is 8.76. The van der Waals surface area contributed by atoms with Crippen molar-refractivity contribution in [1.82, 2.24) is 10.3 Å². The Bertz CT molecular complexity index is 371. The van der Waals surface area contributed by atoms with Crippen LogP contribution in [-0.2, 0) is 10.5 Å². The van der Waals surface area contributed by atoms with Gasteiger partial charge in [0.05, 0.1) is 11.4 Å². The third-order valence-electron chi connectivity index (χ3n) is 2.22. The van der Waals surface area contributed by atoms with Crippen molar-refractivity contribution < 1.29 is 4.79 Å². The van der Waals surface area contributed by atoms with Crippen LogP contribution < -0.4 is 10.6 Å². The average Bonchev–Trinajstić information content (AvgIpc) is 2.37. The number of pyridine rings is 1. The largest absolute Gasteiger partial charge is 0.370 e. The van der Waals surface area contributed by atoms with E-state index in [0.29, 0.717) is 12.3 Å². The van der Waals surface area contributed by atoms with Gasteiger partial charge in [-0.15, -0.1) is 11.8 Å². The number of carbonyl (C=O) groups excluding carboxylic acids is 1. The van der Waals surface area contributed by atoms with Crippen LogP contribution in [-0.4, -0.2) is 29.7 Å². The molecular weight excluding hydrogens is 246 g/mol. The smallest absolute Gasteiger partial charge is 0.229 e. The molecular formula is C13H21N3OS. The summed E-state index contributed by atoms with van der Waals surface area (Å²) < 4.78 is 0. The van der Waals surface area contributed by atoms with Crippen molar-refractivity contribution >= 4 is 23.5 Å². The second-order valence-corrected chi connectivity index (χ2v) is 4.87. The summed E-state index contributed by atoms with van der Waals surface area (Å²) in [5.74, 6) is 2.25. The van der Waals surface area contributed by atoms with Crippen LogP contribution in [0.1, 0.15) is 26.0 Å². The Kier molecular flexibility index (Phi) is 7.25. The molecule has 0 aliphatic heterocycles. The van der Waals surface area contributed by atoms with E-state index in [1.807, 2.05) is 25.1 Å². The van der Waals surface area contributed by atoms with Crippen LogP contribution in [0.15, 0.2) is 18.2 Å². The van der Waals surface area contributed by atoms with E-state index < -0.39 is 0 Å². The van der Waals surface area contributed by atoms with Gasteiger partial charge >= 0.3 is 0 Å². The molecule has 0 saturated carbocycles. The minimum absolute atomic E-state index is 0.0859. The molecule has 1 aromatic heterocycles. The van der Waals surface area contributed by atoms with Gasteiger partial charge in [0.25, 0.3) is 0 Å². The van der Waals surface area contributed by atoms with Crippen molar-refractivity contribution in [1.29, 1.82) is 0 Å². The normalized spacial score (nSPS) is 10.1. The maximum atomic E-state index is 11.3. The summed E-state index contributed by atoms with van der Waals surface area (Å²) in [6.45, 7) is 5.67. The molecule has 0 aliphatic rings. The van der Waals surface area contributed by atoms with Gasteiger partial charge in [-0.1, -0.05) is 13.0 Å². The van der Waals surface area contributed by atoms with Gasteiger partial charge in [0, 0.05) is 18.8 Å². The Labute approximate surface area is 113 Å². The van der Waals surface area contributed by atoms with Crippen LogP contribution in [0.5, 0.6) is 0 Å². The highest BCUT2D eigenvalue weighted by atomic mass is 32.2. The summed E-state index contributed by atoms with van der Waals surface area (Å²) in [7, 11) is 0. The van der Waals surface area contributed by atoms with Crippen molar-refractivity contribution in [3.05, 3.63) is 23.9 Å². The van der Waals surface area contributed by atoms with E-state index in [4.69, 9.17) is 0 Å². The average molecular weight is 267 g/mol. The third kappa shape index (κ3) is 5.91. The molecule has 1 aromatic rings. The fourth-order valence-corrected chi connectivity index (χ4v) is 2.17. The zero-order valence-electron chi connectivity index (χ0n) is 11.0. The standard InChI is InChI=1S/C13H21N3OS/c1-3-8-15-12-7-5-6-11(16-12)9-18-10-13(17)14-4-2/h5-7H,3-4,8-10H2,1-2H3,(H,14,17)(H,15,16). The zero-order chi connectivity index (χ0) is 13.2. The molecule has 18 heavy (non-hydrogen) atoms. The second-order valence-electron chi connectivity index (χ2n) is 3.89. The molecule has 0 aliphatic carbocycles. The number of rotatable bonds is 8. The number of hydrogen-bond donors (Lipinski definition) is 2. The number of nitrogens with one attached hydrogen (secondary N) is 2. The number of carbonyl (C=O) groups is 1. The topological polar surface area (TPSA) is 54.0 Å². The van der Waals surface area contributed by atoms with Gasteiger partial charge in [0.1, 0.15) is 5.82 Å². The van der Waals surface area contributed by atoms with Crippen molar-refractivity contribution in [3.8, 4) is 0 Å². The molecule has 1 heterocycles. The maximum absolute atomic E-state index is 11.3. The number of hydrogen-bond acceptors (Lipinski definition) is 4. The zero-order valence-corrected chi connectivity index (χ0v) is 11.8. The van der Waals surface area contributed by atoms with Crippen LogP contribution in [0.25, 0.3) is 0 Å². The van der Waals surface area contributed by atoms with E-state index in [2.05, 4.69) is 22.5 Å². The predicted octanol–water partition coefficient (Wildman–Crippen LogP) is 2.27. The van der Waals surface area contributed by atoms with Crippen LogP contribution in [0.4, 0.5) is 5.82 Å². The lowest BCUT2D eigenvalue weighted by Crippen LogP contribution is -2.24. The third-order valence-corrected chi connectivity index (χ3v) is 3.19. The van der Waals surface area contributed by atoms with E-state index in [0.717, 1.165) is 30.2 Å². The van der Waals surface area contributed by atoms with Gasteiger partial charge in [-0.05, 0) is 25.5 Å². The number of thioether (sulfide) groups is 1. The van der Waals surface area contributed by atoms with E-state index in [9.17, 15) is 4.79 Å². The lowest BCUT2D eigenvalue weighted by Gasteiger charge is -2.06. The highest BCUT2D eigenvalue weighted by Crippen LogP contribution is 2.12. The van der Waals surface area contributed by atoms with E-state index >= 15 is 0 Å². The van der Waals surface area contributed by atoms with Crippen molar-refractivity contribution in [2.75, 3.05) is 24.2 Å². The molecule has 1 amide bonds. The van der Waals surface area contributed by atoms with Crippen molar-refractivity contribution in [2.45, 2.75) is 26.0 Å². The molecule has 0 saturated heterocycles. The minimum Gasteiger partial charge on any atom is -0.370 e. The molecule has 0 unspecified atom stereocenters. The summed E-state index contributed by atoms with van der Waals surface area (Å²) in [6.07, 6.45) is 1.08. The first kappa shape index (κ1) is 14.8. The molecule has 0 fully saturated rings. The molecule has 0 spiro atoms. The lowest BCUT2D eigenvalue weighted by atomic mass is 10.3. The molecule has 5 heteroatoms. The van der Waals surface area contributed by atoms with E-state index in [1.165, 1.54) is 0 Å². The Hall–Kier alpha value is -1.23. The van der Waals surface area contributed by atoms with Gasteiger partial charge in [-0.2, -0.15) is 0 Å². The fraction of sp³-hybridized carbons (Fsp3) is 0.538. The summed E-state index contributed by atoms with van der Waals surface area (Å²) in [5.41, 5.74) is 1.01.